The van der Waals surface area contributed by atoms with Crippen LogP contribution >= 0.6 is 0 Å². The predicted molar refractivity (Wildman–Crippen MR) is 99.8 cm³/mol. The smallest absolute Gasteiger partial charge is 0.0780 e. The van der Waals surface area contributed by atoms with Gasteiger partial charge in [-0.25, -0.2) is 0 Å². The molecule has 1 aromatic heterocycles. The Hall–Kier alpha value is -2.66. The third-order valence-electron chi connectivity index (χ3n) is 4.27. The molecule has 2 aromatic carbocycles. The van der Waals surface area contributed by atoms with Crippen LogP contribution in [0.3, 0.4) is 0 Å². The van der Waals surface area contributed by atoms with Crippen LogP contribution < -0.4 is 0 Å². The first-order valence-corrected chi connectivity index (χ1v) is 8.25. The summed E-state index contributed by atoms with van der Waals surface area (Å²) >= 11 is 0. The minimum Gasteiger partial charge on any atom is -0.256 e. The molecule has 0 unspecified atom stereocenters. The van der Waals surface area contributed by atoms with Gasteiger partial charge in [0.15, 0.2) is 0 Å². The molecule has 0 N–H and O–H groups in total. The molecule has 120 valence electrons. The molecule has 3 rings (SSSR count). The molecule has 0 atom stereocenters. The van der Waals surface area contributed by atoms with Crippen LogP contribution in [0.4, 0.5) is 0 Å². The number of rotatable bonds is 3. The molecule has 0 aliphatic heterocycles. The molecule has 24 heavy (non-hydrogen) atoms. The Morgan fingerprint density at radius 2 is 1.71 bits per heavy atom. The Kier molecular flexibility index (Phi) is 4.11. The van der Waals surface area contributed by atoms with E-state index >= 15 is 0 Å². The third kappa shape index (κ3) is 3.31. The van der Waals surface area contributed by atoms with Gasteiger partial charge in [0.2, 0.25) is 0 Å². The molecule has 0 aliphatic rings. The second-order valence-electron chi connectivity index (χ2n) is 7.26. The summed E-state index contributed by atoms with van der Waals surface area (Å²) in [6.45, 7) is 8.18. The summed E-state index contributed by atoms with van der Waals surface area (Å²) in [5, 5.41) is 11.6. The molecular weight excluding hydrogens is 292 g/mol. The van der Waals surface area contributed by atoms with Crippen molar-refractivity contribution in [2.24, 2.45) is 5.41 Å². The highest BCUT2D eigenvalue weighted by Crippen LogP contribution is 2.30. The molecule has 0 spiro atoms. The van der Waals surface area contributed by atoms with Crippen molar-refractivity contribution in [2.45, 2.75) is 34.1 Å². The monoisotopic (exact) mass is 314 g/mol. The van der Waals surface area contributed by atoms with Crippen molar-refractivity contribution in [1.29, 1.82) is 5.26 Å². The van der Waals surface area contributed by atoms with E-state index in [1.54, 1.807) is 0 Å². The third-order valence-corrected chi connectivity index (χ3v) is 4.27. The molecule has 0 amide bonds. The van der Waals surface area contributed by atoms with Crippen molar-refractivity contribution in [2.75, 3.05) is 0 Å². The van der Waals surface area contributed by atoms with Gasteiger partial charge in [0.05, 0.1) is 17.2 Å². The van der Waals surface area contributed by atoms with Gasteiger partial charge >= 0.3 is 0 Å². The van der Waals surface area contributed by atoms with E-state index in [0.717, 1.165) is 23.1 Å². The molecule has 1 heterocycles. The molecule has 0 saturated heterocycles. The first-order valence-electron chi connectivity index (χ1n) is 8.25. The minimum atomic E-state index is -0.350. The Balaban J connectivity index is 2.10. The van der Waals surface area contributed by atoms with Gasteiger partial charge in [0.25, 0.3) is 0 Å². The average molecular weight is 314 g/mol. The fraction of sp³-hybridized carbons (Fsp3) is 0.273. The van der Waals surface area contributed by atoms with Crippen LogP contribution in [0.2, 0.25) is 0 Å². The summed E-state index contributed by atoms with van der Waals surface area (Å²) in [4.78, 5) is 4.63. The van der Waals surface area contributed by atoms with Gasteiger partial charge in [-0.3, -0.25) is 4.98 Å². The lowest BCUT2D eigenvalue weighted by Gasteiger charge is -2.16. The molecule has 0 aliphatic carbocycles. The van der Waals surface area contributed by atoms with Crippen molar-refractivity contribution in [3.63, 3.8) is 0 Å². The lowest BCUT2D eigenvalue weighted by molar-refractivity contribution is 0.494. The normalized spacial score (nSPS) is 11.5. The fourth-order valence-electron chi connectivity index (χ4n) is 3.23. The highest BCUT2D eigenvalue weighted by Gasteiger charge is 2.17. The van der Waals surface area contributed by atoms with E-state index in [1.807, 2.05) is 26.1 Å². The van der Waals surface area contributed by atoms with Crippen LogP contribution in [0.25, 0.3) is 22.0 Å². The number of hydrogen-bond donors (Lipinski definition) is 0. The number of hydrogen-bond acceptors (Lipinski definition) is 2. The van der Waals surface area contributed by atoms with Gasteiger partial charge in [0, 0.05) is 17.1 Å². The number of aryl methyl sites for hydroxylation is 2. The Morgan fingerprint density at radius 1 is 1.00 bits per heavy atom. The molecule has 0 radical (unpaired) electrons. The second kappa shape index (κ2) is 6.09. The van der Waals surface area contributed by atoms with Crippen LogP contribution in [-0.4, -0.2) is 4.98 Å². The predicted octanol–water partition coefficient (Wildman–Crippen LogP) is 5.61. The lowest BCUT2D eigenvalue weighted by atomic mass is 9.86. The van der Waals surface area contributed by atoms with Crippen LogP contribution in [0, 0.1) is 30.6 Å². The van der Waals surface area contributed by atoms with E-state index in [2.05, 4.69) is 61.3 Å². The lowest BCUT2D eigenvalue weighted by Crippen LogP contribution is -2.11. The average Bonchev–Trinajstić information content (AvgIpc) is 2.53. The van der Waals surface area contributed by atoms with Gasteiger partial charge in [-0.1, -0.05) is 35.4 Å². The van der Waals surface area contributed by atoms with Crippen LogP contribution in [0.15, 0.2) is 48.7 Å². The van der Waals surface area contributed by atoms with Crippen molar-refractivity contribution in [3.8, 4) is 17.3 Å². The number of pyridine rings is 1. The fourth-order valence-corrected chi connectivity index (χ4v) is 3.23. The van der Waals surface area contributed by atoms with E-state index in [1.165, 1.54) is 22.1 Å². The zero-order chi connectivity index (χ0) is 17.3. The zero-order valence-corrected chi connectivity index (χ0v) is 14.7. The maximum absolute atomic E-state index is 9.25. The van der Waals surface area contributed by atoms with E-state index in [-0.39, 0.29) is 5.41 Å². The van der Waals surface area contributed by atoms with E-state index < -0.39 is 0 Å². The first-order chi connectivity index (χ1) is 11.4. The summed E-state index contributed by atoms with van der Waals surface area (Å²) < 4.78 is 0. The quantitative estimate of drug-likeness (QED) is 0.630. The number of fused-ring (bicyclic) bond motifs is 1. The van der Waals surface area contributed by atoms with Gasteiger partial charge in [-0.2, -0.15) is 5.26 Å². The molecule has 3 aromatic rings. The highest BCUT2D eigenvalue weighted by atomic mass is 14.7. The molecule has 0 fully saturated rings. The molecule has 2 heteroatoms. The van der Waals surface area contributed by atoms with Crippen LogP contribution in [-0.2, 0) is 6.42 Å². The van der Waals surface area contributed by atoms with Crippen molar-refractivity contribution < 1.29 is 0 Å². The van der Waals surface area contributed by atoms with Gasteiger partial charge in [-0.05, 0) is 63.3 Å². The zero-order valence-electron chi connectivity index (χ0n) is 14.7. The molecule has 0 bridgehead atoms. The Morgan fingerprint density at radius 3 is 2.38 bits per heavy atom. The number of nitriles is 1. The maximum Gasteiger partial charge on any atom is 0.0780 e. The Labute approximate surface area is 143 Å². The van der Waals surface area contributed by atoms with Gasteiger partial charge in [0.1, 0.15) is 0 Å². The molecule has 0 saturated carbocycles. The summed E-state index contributed by atoms with van der Waals surface area (Å²) in [6.07, 6.45) is 2.62. The van der Waals surface area contributed by atoms with Gasteiger partial charge < -0.3 is 0 Å². The van der Waals surface area contributed by atoms with Crippen LogP contribution in [0.1, 0.15) is 30.5 Å². The summed E-state index contributed by atoms with van der Waals surface area (Å²) in [5.74, 6) is 0. The van der Waals surface area contributed by atoms with Crippen molar-refractivity contribution in [3.05, 3.63) is 65.4 Å². The minimum absolute atomic E-state index is 0.350. The highest BCUT2D eigenvalue weighted by molar-refractivity contribution is 5.95. The second-order valence-corrected chi connectivity index (χ2v) is 7.26. The summed E-state index contributed by atoms with van der Waals surface area (Å²) in [5.41, 5.74) is 5.50. The largest absolute Gasteiger partial charge is 0.256 e. The van der Waals surface area contributed by atoms with E-state index in [0.29, 0.717) is 0 Å². The summed E-state index contributed by atoms with van der Waals surface area (Å²) in [7, 11) is 0. The van der Waals surface area contributed by atoms with Crippen molar-refractivity contribution in [1.82, 2.24) is 4.98 Å². The standard InChI is InChI=1S/C22H22N2/c1-15-9-16(2)11-19(10-15)21-20-6-5-17(13-22(3,4)14-23)12-18(20)7-8-24-21/h5-12H,13H2,1-4H3. The SMILES string of the molecule is Cc1cc(C)cc(-c2nccc3cc(CC(C)(C)C#N)ccc23)c1. The number of benzene rings is 2. The first kappa shape index (κ1) is 16.2. The topological polar surface area (TPSA) is 36.7 Å². The molecular formula is C22H22N2. The van der Waals surface area contributed by atoms with Crippen LogP contribution in [0.5, 0.6) is 0 Å². The number of aromatic nitrogens is 1. The summed E-state index contributed by atoms with van der Waals surface area (Å²) in [6, 6.07) is 17.4. The molecule has 2 nitrogen and oxygen atoms in total. The maximum atomic E-state index is 9.25. The van der Waals surface area contributed by atoms with Gasteiger partial charge in [-0.15, -0.1) is 0 Å². The van der Waals surface area contributed by atoms with E-state index in [9.17, 15) is 5.26 Å². The van der Waals surface area contributed by atoms with Crippen molar-refractivity contribution >= 4 is 10.8 Å². The van der Waals surface area contributed by atoms with E-state index in [4.69, 9.17) is 0 Å². The Bertz CT molecular complexity index is 926. The number of nitrogens with zero attached hydrogens (tertiary/aromatic N) is 2.